The van der Waals surface area contributed by atoms with Crippen LogP contribution in [-0.2, 0) is 4.79 Å². The lowest BCUT2D eigenvalue weighted by atomic mass is 10.1. The summed E-state index contributed by atoms with van der Waals surface area (Å²) < 4.78 is 27.5. The predicted molar refractivity (Wildman–Crippen MR) is 127 cm³/mol. The third-order valence-corrected chi connectivity index (χ3v) is 5.82. The Labute approximate surface area is 194 Å². The van der Waals surface area contributed by atoms with Crippen LogP contribution >= 0.6 is 24.0 Å². The van der Waals surface area contributed by atoms with E-state index in [9.17, 15) is 13.6 Å². The van der Waals surface area contributed by atoms with Crippen LogP contribution < -0.4 is 10.2 Å². The summed E-state index contributed by atoms with van der Waals surface area (Å²) in [5.74, 6) is 0.251. The lowest BCUT2D eigenvalue weighted by Gasteiger charge is -2.38. The highest BCUT2D eigenvalue weighted by atomic mass is 127. The molecule has 1 aromatic rings. The fourth-order valence-electron chi connectivity index (χ4n) is 4.21. The first-order chi connectivity index (χ1) is 14.0. The van der Waals surface area contributed by atoms with Gasteiger partial charge in [0.15, 0.2) is 5.96 Å². The minimum atomic E-state index is -0.428. The number of likely N-dealkylation sites (tertiary alicyclic amines) is 1. The lowest BCUT2D eigenvalue weighted by molar-refractivity contribution is -0.129. The summed E-state index contributed by atoms with van der Waals surface area (Å²) in [6.45, 7) is 6.28. The third-order valence-electron chi connectivity index (χ3n) is 5.82. The lowest BCUT2D eigenvalue weighted by Crippen LogP contribution is -2.53. The number of carbonyl (C=O) groups excluding carboxylic acids is 1. The van der Waals surface area contributed by atoms with Gasteiger partial charge in [-0.3, -0.25) is 9.79 Å². The van der Waals surface area contributed by atoms with E-state index >= 15 is 0 Å². The molecule has 0 saturated carbocycles. The predicted octanol–water partition coefficient (Wildman–Crippen LogP) is 3.07. The van der Waals surface area contributed by atoms with Crippen molar-refractivity contribution in [1.82, 2.24) is 15.1 Å². The fraction of sp³-hybridized carbons (Fsp3) is 0.619. The maximum atomic E-state index is 14.0. The number of amides is 1. The highest BCUT2D eigenvalue weighted by Gasteiger charge is 2.27. The number of nitrogens with one attached hydrogen (secondary N) is 1. The number of nitrogens with zero attached hydrogens (tertiary/aromatic N) is 4. The Kier molecular flexibility index (Phi) is 9.57. The molecule has 2 aliphatic heterocycles. The van der Waals surface area contributed by atoms with Gasteiger partial charge in [-0.1, -0.05) is 6.92 Å². The Hall–Kier alpha value is -1.65. The molecule has 6 nitrogen and oxygen atoms in total. The van der Waals surface area contributed by atoms with E-state index in [2.05, 4.69) is 22.1 Å². The molecule has 1 amide bonds. The second-order valence-electron chi connectivity index (χ2n) is 7.59. The number of hydrogen-bond acceptors (Lipinski definition) is 3. The van der Waals surface area contributed by atoms with Crippen LogP contribution in [0.2, 0.25) is 0 Å². The molecule has 30 heavy (non-hydrogen) atoms. The van der Waals surface area contributed by atoms with Gasteiger partial charge in [-0.2, -0.15) is 0 Å². The van der Waals surface area contributed by atoms with E-state index in [1.165, 1.54) is 12.1 Å². The summed E-state index contributed by atoms with van der Waals surface area (Å²) in [4.78, 5) is 22.4. The van der Waals surface area contributed by atoms with Crippen LogP contribution in [0, 0.1) is 11.6 Å². The van der Waals surface area contributed by atoms with E-state index in [0.29, 0.717) is 38.3 Å². The zero-order chi connectivity index (χ0) is 20.8. The number of halogens is 3. The van der Waals surface area contributed by atoms with Crippen LogP contribution in [0.3, 0.4) is 0 Å². The molecule has 0 radical (unpaired) electrons. The van der Waals surface area contributed by atoms with Crippen LogP contribution in [0.5, 0.6) is 0 Å². The Morgan fingerprint density at radius 1 is 1.20 bits per heavy atom. The molecule has 2 fully saturated rings. The van der Waals surface area contributed by atoms with Gasteiger partial charge >= 0.3 is 0 Å². The number of anilines is 1. The average molecular weight is 535 g/mol. The molecule has 2 saturated heterocycles. The molecule has 168 valence electrons. The zero-order valence-electron chi connectivity index (χ0n) is 17.7. The second kappa shape index (κ2) is 11.7. The molecule has 1 unspecified atom stereocenters. The van der Waals surface area contributed by atoms with Gasteiger partial charge in [-0.25, -0.2) is 8.78 Å². The van der Waals surface area contributed by atoms with E-state index < -0.39 is 11.6 Å². The average Bonchev–Trinajstić information content (AvgIpc) is 3.16. The SMILES string of the molecule is CCC(CCNC(=NC)N1CCN(c2cc(F)ccc2F)CC1)N1CCCC1=O.I. The summed E-state index contributed by atoms with van der Waals surface area (Å²) in [7, 11) is 1.75. The molecule has 2 heterocycles. The van der Waals surface area contributed by atoms with Crippen molar-refractivity contribution < 1.29 is 13.6 Å². The summed E-state index contributed by atoms with van der Waals surface area (Å²) in [6, 6.07) is 3.83. The second-order valence-corrected chi connectivity index (χ2v) is 7.59. The van der Waals surface area contributed by atoms with E-state index in [1.54, 1.807) is 7.05 Å². The standard InChI is InChI=1S/C21H31F2N5O.HI/c1-3-17(28-10-4-5-20(28)29)8-9-25-21(24-2)27-13-11-26(12-14-27)19-15-16(22)6-7-18(19)23;/h6-7,15,17H,3-5,8-14H2,1-2H3,(H,24,25);1H. The van der Waals surface area contributed by atoms with Gasteiger partial charge in [0.2, 0.25) is 5.91 Å². The molecule has 3 rings (SSSR count). The molecular weight excluding hydrogens is 503 g/mol. The molecular formula is C21H32F2IN5O. The van der Waals surface area contributed by atoms with Crippen molar-refractivity contribution in [3.05, 3.63) is 29.8 Å². The van der Waals surface area contributed by atoms with Gasteiger partial charge in [0.25, 0.3) is 0 Å². The van der Waals surface area contributed by atoms with E-state index in [0.717, 1.165) is 44.4 Å². The number of piperazine rings is 1. The first kappa shape index (κ1) is 24.6. The summed E-state index contributed by atoms with van der Waals surface area (Å²) >= 11 is 0. The van der Waals surface area contributed by atoms with Crippen molar-refractivity contribution >= 4 is 41.5 Å². The monoisotopic (exact) mass is 535 g/mol. The molecule has 9 heteroatoms. The number of aliphatic imine (C=N–C) groups is 1. The van der Waals surface area contributed by atoms with Crippen LogP contribution in [0.1, 0.15) is 32.6 Å². The van der Waals surface area contributed by atoms with Gasteiger partial charge in [-0.15, -0.1) is 24.0 Å². The van der Waals surface area contributed by atoms with Crippen molar-refractivity contribution in [2.45, 2.75) is 38.6 Å². The van der Waals surface area contributed by atoms with Crippen molar-refractivity contribution in [1.29, 1.82) is 0 Å². The Balaban J connectivity index is 0.00000320. The van der Waals surface area contributed by atoms with Crippen LogP contribution in [-0.4, -0.2) is 74.0 Å². The van der Waals surface area contributed by atoms with Gasteiger partial charge in [0.05, 0.1) is 5.69 Å². The molecule has 1 aromatic carbocycles. The molecule has 1 N–H and O–H groups in total. The fourth-order valence-corrected chi connectivity index (χ4v) is 4.21. The van der Waals surface area contributed by atoms with Gasteiger partial charge in [0, 0.05) is 64.8 Å². The van der Waals surface area contributed by atoms with E-state index in [4.69, 9.17) is 0 Å². The number of hydrogen-bond donors (Lipinski definition) is 1. The topological polar surface area (TPSA) is 51.2 Å². The van der Waals surface area contributed by atoms with Crippen LogP contribution in [0.25, 0.3) is 0 Å². The third kappa shape index (κ3) is 5.95. The summed E-state index contributed by atoms with van der Waals surface area (Å²) in [5, 5.41) is 3.40. The van der Waals surface area contributed by atoms with E-state index in [1.807, 2.05) is 9.80 Å². The van der Waals surface area contributed by atoms with Crippen molar-refractivity contribution in [2.24, 2.45) is 4.99 Å². The largest absolute Gasteiger partial charge is 0.366 e. The van der Waals surface area contributed by atoms with Gasteiger partial charge in [0.1, 0.15) is 11.6 Å². The number of carbonyl (C=O) groups is 1. The molecule has 1 atom stereocenters. The van der Waals surface area contributed by atoms with Crippen LogP contribution in [0.15, 0.2) is 23.2 Å². The van der Waals surface area contributed by atoms with Crippen molar-refractivity contribution in [3.8, 4) is 0 Å². The molecule has 0 aliphatic carbocycles. The zero-order valence-corrected chi connectivity index (χ0v) is 20.1. The first-order valence-corrected chi connectivity index (χ1v) is 10.5. The minimum absolute atomic E-state index is 0. The maximum Gasteiger partial charge on any atom is 0.222 e. The Morgan fingerprint density at radius 2 is 1.93 bits per heavy atom. The van der Waals surface area contributed by atoms with Crippen LogP contribution in [0.4, 0.5) is 14.5 Å². The molecule has 0 spiro atoms. The van der Waals surface area contributed by atoms with Gasteiger partial charge < -0.3 is 20.0 Å². The number of benzene rings is 1. The van der Waals surface area contributed by atoms with Crippen molar-refractivity contribution in [3.63, 3.8) is 0 Å². The number of rotatable bonds is 6. The summed E-state index contributed by atoms with van der Waals surface area (Å²) in [6.07, 6.45) is 3.46. The van der Waals surface area contributed by atoms with Gasteiger partial charge in [-0.05, 0) is 31.4 Å². The van der Waals surface area contributed by atoms with E-state index in [-0.39, 0.29) is 35.9 Å². The minimum Gasteiger partial charge on any atom is -0.366 e. The maximum absolute atomic E-state index is 14.0. The first-order valence-electron chi connectivity index (χ1n) is 10.5. The Bertz CT molecular complexity index is 740. The number of guanidine groups is 1. The molecule has 0 bridgehead atoms. The highest BCUT2D eigenvalue weighted by Crippen LogP contribution is 2.22. The summed E-state index contributed by atoms with van der Waals surface area (Å²) in [5.41, 5.74) is 0.314. The Morgan fingerprint density at radius 3 is 2.53 bits per heavy atom. The highest BCUT2D eigenvalue weighted by molar-refractivity contribution is 14.0. The van der Waals surface area contributed by atoms with Crippen molar-refractivity contribution in [2.75, 3.05) is 51.2 Å². The molecule has 0 aromatic heterocycles. The molecule has 2 aliphatic rings. The quantitative estimate of drug-likeness (QED) is 0.346. The smallest absolute Gasteiger partial charge is 0.222 e. The normalized spacial score (nSPS) is 18.5.